The maximum absolute atomic E-state index is 12.2. The van der Waals surface area contributed by atoms with Crippen LogP contribution in [-0.4, -0.2) is 12.5 Å². The summed E-state index contributed by atoms with van der Waals surface area (Å²) < 4.78 is 5.72. The lowest BCUT2D eigenvalue weighted by Crippen LogP contribution is -2.30. The van der Waals surface area contributed by atoms with Crippen molar-refractivity contribution in [3.05, 3.63) is 65.7 Å². The summed E-state index contributed by atoms with van der Waals surface area (Å²) in [5.41, 5.74) is 1.77. The fourth-order valence-electron chi connectivity index (χ4n) is 3.17. The Morgan fingerprint density at radius 1 is 0.958 bits per heavy atom. The van der Waals surface area contributed by atoms with E-state index in [4.69, 9.17) is 4.74 Å². The van der Waals surface area contributed by atoms with E-state index in [1.807, 2.05) is 54.6 Å². The number of nitrogens with one attached hydrogen (secondary N) is 1. The monoisotopic (exact) mass is 323 g/mol. The van der Waals surface area contributed by atoms with Crippen molar-refractivity contribution in [3.8, 4) is 5.75 Å². The Kier molecular flexibility index (Phi) is 5.89. The van der Waals surface area contributed by atoms with Crippen LogP contribution in [0.3, 0.4) is 0 Å². The van der Waals surface area contributed by atoms with Crippen LogP contribution in [0.25, 0.3) is 0 Å². The van der Waals surface area contributed by atoms with Crippen LogP contribution in [0, 0.1) is 5.92 Å². The molecule has 1 amide bonds. The number of ether oxygens (including phenoxy) is 1. The molecule has 0 saturated heterocycles. The van der Waals surface area contributed by atoms with Crippen molar-refractivity contribution < 1.29 is 9.53 Å². The lowest BCUT2D eigenvalue weighted by Gasteiger charge is -2.21. The molecular weight excluding hydrogens is 298 g/mol. The molecule has 1 N–H and O–H groups in total. The van der Waals surface area contributed by atoms with E-state index in [1.165, 1.54) is 32.1 Å². The van der Waals surface area contributed by atoms with Crippen molar-refractivity contribution in [2.75, 3.05) is 6.54 Å². The average Bonchev–Trinajstić information content (AvgIpc) is 2.66. The van der Waals surface area contributed by atoms with E-state index < -0.39 is 0 Å². The van der Waals surface area contributed by atoms with Crippen molar-refractivity contribution in [2.45, 2.75) is 38.7 Å². The highest BCUT2D eigenvalue weighted by molar-refractivity contribution is 5.94. The second-order valence-electron chi connectivity index (χ2n) is 6.51. The third-order valence-corrected chi connectivity index (χ3v) is 4.64. The third-order valence-electron chi connectivity index (χ3n) is 4.64. The summed E-state index contributed by atoms with van der Waals surface area (Å²) in [7, 11) is 0. The van der Waals surface area contributed by atoms with Crippen molar-refractivity contribution in [1.82, 2.24) is 5.32 Å². The van der Waals surface area contributed by atoms with Crippen LogP contribution in [0.2, 0.25) is 0 Å². The van der Waals surface area contributed by atoms with Gasteiger partial charge in [-0.2, -0.15) is 0 Å². The molecule has 0 unspecified atom stereocenters. The molecule has 0 aliphatic heterocycles. The first kappa shape index (κ1) is 16.6. The standard InChI is InChI=1S/C21H25NO2/c23-21(22-15-17-7-3-1-4-8-17)19-13-11-18(12-14-19)16-24-20-9-5-2-6-10-20/h2,5-6,9-14,17H,1,3-4,7-8,15-16H2,(H,22,23). The average molecular weight is 323 g/mol. The number of carbonyl (C=O) groups excluding carboxylic acids is 1. The van der Waals surface area contributed by atoms with Gasteiger partial charge in [0.25, 0.3) is 5.91 Å². The molecule has 126 valence electrons. The minimum absolute atomic E-state index is 0.0242. The molecule has 1 aliphatic rings. The third kappa shape index (κ3) is 4.85. The fraction of sp³-hybridized carbons (Fsp3) is 0.381. The van der Waals surface area contributed by atoms with Gasteiger partial charge in [0.1, 0.15) is 12.4 Å². The topological polar surface area (TPSA) is 38.3 Å². The number of rotatable bonds is 6. The maximum atomic E-state index is 12.2. The number of para-hydroxylation sites is 1. The van der Waals surface area contributed by atoms with E-state index in [2.05, 4.69) is 5.32 Å². The maximum Gasteiger partial charge on any atom is 0.251 e. The van der Waals surface area contributed by atoms with Crippen LogP contribution in [0.15, 0.2) is 54.6 Å². The van der Waals surface area contributed by atoms with Gasteiger partial charge in [-0.15, -0.1) is 0 Å². The Hall–Kier alpha value is -2.29. The van der Waals surface area contributed by atoms with Crippen LogP contribution >= 0.6 is 0 Å². The summed E-state index contributed by atoms with van der Waals surface area (Å²) in [6.07, 6.45) is 6.44. The van der Waals surface area contributed by atoms with Gasteiger partial charge < -0.3 is 10.1 Å². The molecule has 1 saturated carbocycles. The molecule has 1 fully saturated rings. The lowest BCUT2D eigenvalue weighted by atomic mass is 9.89. The molecule has 1 aliphatic carbocycles. The quantitative estimate of drug-likeness (QED) is 0.845. The molecule has 3 nitrogen and oxygen atoms in total. The molecule has 3 heteroatoms. The number of amides is 1. The summed E-state index contributed by atoms with van der Waals surface area (Å²) in [6, 6.07) is 17.4. The fourth-order valence-corrected chi connectivity index (χ4v) is 3.17. The molecule has 0 spiro atoms. The van der Waals surface area contributed by atoms with E-state index in [1.54, 1.807) is 0 Å². The number of benzene rings is 2. The van der Waals surface area contributed by atoms with Crippen LogP contribution in [0.1, 0.15) is 48.0 Å². The van der Waals surface area contributed by atoms with Crippen molar-refractivity contribution in [1.29, 1.82) is 0 Å². The minimum Gasteiger partial charge on any atom is -0.489 e. The highest BCUT2D eigenvalue weighted by atomic mass is 16.5. The number of hydrogen-bond donors (Lipinski definition) is 1. The first-order valence-electron chi connectivity index (χ1n) is 8.86. The van der Waals surface area contributed by atoms with Gasteiger partial charge in [0.15, 0.2) is 0 Å². The molecule has 0 radical (unpaired) electrons. The summed E-state index contributed by atoms with van der Waals surface area (Å²) in [6.45, 7) is 1.31. The highest BCUT2D eigenvalue weighted by Gasteiger charge is 2.14. The van der Waals surface area contributed by atoms with Gasteiger partial charge in [-0.1, -0.05) is 49.6 Å². The SMILES string of the molecule is O=C(NCC1CCCCC1)c1ccc(COc2ccccc2)cc1. The molecule has 0 atom stereocenters. The first-order chi connectivity index (χ1) is 11.8. The van der Waals surface area contributed by atoms with Crippen LogP contribution in [-0.2, 0) is 6.61 Å². The van der Waals surface area contributed by atoms with E-state index >= 15 is 0 Å². The molecule has 24 heavy (non-hydrogen) atoms. The Morgan fingerprint density at radius 2 is 1.67 bits per heavy atom. The van der Waals surface area contributed by atoms with Crippen LogP contribution < -0.4 is 10.1 Å². The molecule has 2 aromatic rings. The Bertz CT molecular complexity index is 631. The number of carbonyl (C=O) groups is 1. The van der Waals surface area contributed by atoms with Gasteiger partial charge in [-0.3, -0.25) is 4.79 Å². The zero-order valence-corrected chi connectivity index (χ0v) is 14.0. The molecule has 0 heterocycles. The van der Waals surface area contributed by atoms with Crippen molar-refractivity contribution in [3.63, 3.8) is 0 Å². The van der Waals surface area contributed by atoms with E-state index in [0.29, 0.717) is 18.1 Å². The summed E-state index contributed by atoms with van der Waals surface area (Å²) in [5, 5.41) is 3.08. The van der Waals surface area contributed by atoms with Crippen molar-refractivity contribution >= 4 is 5.91 Å². The normalized spacial score (nSPS) is 15.0. The molecular formula is C21H25NO2. The van der Waals surface area contributed by atoms with Gasteiger partial charge in [-0.05, 0) is 48.6 Å². The van der Waals surface area contributed by atoms with Crippen molar-refractivity contribution in [2.24, 2.45) is 5.92 Å². The predicted octanol–water partition coefficient (Wildman–Crippen LogP) is 4.58. The second-order valence-corrected chi connectivity index (χ2v) is 6.51. The largest absolute Gasteiger partial charge is 0.489 e. The minimum atomic E-state index is 0.0242. The van der Waals surface area contributed by atoms with Crippen LogP contribution in [0.4, 0.5) is 0 Å². The lowest BCUT2D eigenvalue weighted by molar-refractivity contribution is 0.0943. The van der Waals surface area contributed by atoms with Gasteiger partial charge in [-0.25, -0.2) is 0 Å². The zero-order chi connectivity index (χ0) is 16.6. The summed E-state index contributed by atoms with van der Waals surface area (Å²) in [5.74, 6) is 1.53. The molecule has 0 bridgehead atoms. The second kappa shape index (κ2) is 8.53. The van der Waals surface area contributed by atoms with E-state index in [9.17, 15) is 4.79 Å². The molecule has 3 rings (SSSR count). The Balaban J connectivity index is 1.47. The van der Waals surface area contributed by atoms with E-state index in [0.717, 1.165) is 17.9 Å². The van der Waals surface area contributed by atoms with Gasteiger partial charge in [0.2, 0.25) is 0 Å². The summed E-state index contributed by atoms with van der Waals surface area (Å²) >= 11 is 0. The van der Waals surface area contributed by atoms with Gasteiger partial charge in [0, 0.05) is 12.1 Å². The smallest absolute Gasteiger partial charge is 0.251 e. The predicted molar refractivity (Wildman–Crippen MR) is 96.1 cm³/mol. The zero-order valence-electron chi connectivity index (χ0n) is 14.0. The highest BCUT2D eigenvalue weighted by Crippen LogP contribution is 2.22. The van der Waals surface area contributed by atoms with Gasteiger partial charge in [0.05, 0.1) is 0 Å². The molecule has 2 aromatic carbocycles. The number of hydrogen-bond acceptors (Lipinski definition) is 2. The molecule has 0 aromatic heterocycles. The Labute approximate surface area is 144 Å². The van der Waals surface area contributed by atoms with E-state index in [-0.39, 0.29) is 5.91 Å². The first-order valence-corrected chi connectivity index (χ1v) is 8.86. The van der Waals surface area contributed by atoms with Crippen LogP contribution in [0.5, 0.6) is 5.75 Å². The Morgan fingerprint density at radius 3 is 2.38 bits per heavy atom. The summed E-state index contributed by atoms with van der Waals surface area (Å²) in [4.78, 5) is 12.2. The van der Waals surface area contributed by atoms with Gasteiger partial charge >= 0.3 is 0 Å².